The summed E-state index contributed by atoms with van der Waals surface area (Å²) in [5.74, 6) is 0.487. The first kappa shape index (κ1) is 14.4. The first-order valence-electron chi connectivity index (χ1n) is 7.16. The van der Waals surface area contributed by atoms with Crippen LogP contribution in [0.3, 0.4) is 0 Å². The van der Waals surface area contributed by atoms with E-state index in [0.29, 0.717) is 18.7 Å². The van der Waals surface area contributed by atoms with Crippen LogP contribution in [0.4, 0.5) is 5.69 Å². The summed E-state index contributed by atoms with van der Waals surface area (Å²) >= 11 is 0. The second-order valence-electron chi connectivity index (χ2n) is 5.06. The number of nitrogens with one attached hydrogen (secondary N) is 2. The molecule has 0 amide bonds. The van der Waals surface area contributed by atoms with Crippen molar-refractivity contribution < 1.29 is 14.3 Å². The molecule has 0 aromatic heterocycles. The second-order valence-corrected chi connectivity index (χ2v) is 5.06. The van der Waals surface area contributed by atoms with Crippen LogP contribution < -0.4 is 15.4 Å². The number of hydrogen-bond donors (Lipinski definition) is 2. The molecule has 114 valence electrons. The Labute approximate surface area is 129 Å². The number of rotatable bonds is 3. The molecular weight excluding hydrogens is 280 g/mol. The predicted octanol–water partition coefficient (Wildman–Crippen LogP) is 2.39. The van der Waals surface area contributed by atoms with Crippen molar-refractivity contribution in [2.24, 2.45) is 0 Å². The van der Waals surface area contributed by atoms with Crippen LogP contribution >= 0.6 is 0 Å². The third-order valence-corrected chi connectivity index (χ3v) is 3.51. The van der Waals surface area contributed by atoms with Gasteiger partial charge in [0.2, 0.25) is 0 Å². The molecule has 2 aromatic rings. The Morgan fingerprint density at radius 3 is 2.77 bits per heavy atom. The van der Waals surface area contributed by atoms with Crippen molar-refractivity contribution in [3.63, 3.8) is 0 Å². The molecule has 22 heavy (non-hydrogen) atoms. The predicted molar refractivity (Wildman–Crippen MR) is 84.0 cm³/mol. The van der Waals surface area contributed by atoms with Gasteiger partial charge in [0.25, 0.3) is 0 Å². The quantitative estimate of drug-likeness (QED) is 0.852. The zero-order chi connectivity index (χ0) is 15.4. The Morgan fingerprint density at radius 2 is 2.00 bits per heavy atom. The first-order chi connectivity index (χ1) is 10.8. The van der Waals surface area contributed by atoms with E-state index in [4.69, 9.17) is 9.47 Å². The molecule has 0 saturated carbocycles. The molecular formula is C17H18N2O3. The molecule has 1 unspecified atom stereocenters. The van der Waals surface area contributed by atoms with Gasteiger partial charge in [0.15, 0.2) is 6.23 Å². The maximum atomic E-state index is 11.6. The van der Waals surface area contributed by atoms with Crippen molar-refractivity contribution in [1.29, 1.82) is 0 Å². The summed E-state index contributed by atoms with van der Waals surface area (Å²) in [6.45, 7) is 1.33. The van der Waals surface area contributed by atoms with Gasteiger partial charge in [-0.05, 0) is 35.9 Å². The topological polar surface area (TPSA) is 59.6 Å². The van der Waals surface area contributed by atoms with Crippen LogP contribution in [-0.4, -0.2) is 25.9 Å². The van der Waals surface area contributed by atoms with E-state index in [1.54, 1.807) is 6.07 Å². The van der Waals surface area contributed by atoms with Crippen molar-refractivity contribution in [3.05, 3.63) is 59.7 Å². The van der Waals surface area contributed by atoms with Gasteiger partial charge in [-0.2, -0.15) is 0 Å². The van der Waals surface area contributed by atoms with Crippen LogP contribution in [0.5, 0.6) is 5.75 Å². The summed E-state index contributed by atoms with van der Waals surface area (Å²) in [5.41, 5.74) is 2.52. The van der Waals surface area contributed by atoms with Gasteiger partial charge in [-0.15, -0.1) is 0 Å². The van der Waals surface area contributed by atoms with E-state index >= 15 is 0 Å². The SMILES string of the molecule is COC(=O)c1ccc2c(c1)CNCC(Oc1ccccc1)N2. The summed E-state index contributed by atoms with van der Waals surface area (Å²) in [6, 6.07) is 15.2. The molecule has 1 atom stereocenters. The number of carbonyl (C=O) groups excluding carboxylic acids is 1. The van der Waals surface area contributed by atoms with Crippen LogP contribution in [0.15, 0.2) is 48.5 Å². The normalized spacial score (nSPS) is 16.9. The average Bonchev–Trinajstić information content (AvgIpc) is 2.76. The molecule has 0 saturated heterocycles. The first-order valence-corrected chi connectivity index (χ1v) is 7.16. The van der Waals surface area contributed by atoms with Gasteiger partial charge in [-0.1, -0.05) is 18.2 Å². The third kappa shape index (κ3) is 3.20. The molecule has 2 N–H and O–H groups in total. The number of esters is 1. The molecule has 1 aliphatic heterocycles. The van der Waals surface area contributed by atoms with Crippen LogP contribution in [0, 0.1) is 0 Å². The highest BCUT2D eigenvalue weighted by atomic mass is 16.5. The lowest BCUT2D eigenvalue weighted by Gasteiger charge is -2.19. The van der Waals surface area contributed by atoms with Gasteiger partial charge in [0.05, 0.1) is 19.2 Å². The van der Waals surface area contributed by atoms with Crippen LogP contribution in [-0.2, 0) is 11.3 Å². The van der Waals surface area contributed by atoms with Crippen LogP contribution in [0.2, 0.25) is 0 Å². The number of carbonyl (C=O) groups is 1. The van der Waals surface area contributed by atoms with Gasteiger partial charge < -0.3 is 20.1 Å². The molecule has 0 bridgehead atoms. The monoisotopic (exact) mass is 298 g/mol. The third-order valence-electron chi connectivity index (χ3n) is 3.51. The number of fused-ring (bicyclic) bond motifs is 1. The van der Waals surface area contributed by atoms with Gasteiger partial charge >= 0.3 is 5.97 Å². The number of anilines is 1. The fourth-order valence-electron chi connectivity index (χ4n) is 2.42. The number of ether oxygens (including phenoxy) is 2. The van der Waals surface area contributed by atoms with Crippen molar-refractivity contribution in [2.45, 2.75) is 12.8 Å². The summed E-state index contributed by atoms with van der Waals surface area (Å²) < 4.78 is 10.7. The van der Waals surface area contributed by atoms with Gasteiger partial charge in [0.1, 0.15) is 5.75 Å². The van der Waals surface area contributed by atoms with E-state index in [0.717, 1.165) is 17.0 Å². The summed E-state index contributed by atoms with van der Waals surface area (Å²) in [7, 11) is 1.38. The Kier molecular flexibility index (Phi) is 4.25. The van der Waals surface area contributed by atoms with Crippen molar-refractivity contribution in [2.75, 3.05) is 19.0 Å². The molecule has 1 heterocycles. The average molecular weight is 298 g/mol. The molecule has 5 heteroatoms. The Hall–Kier alpha value is -2.53. The van der Waals surface area contributed by atoms with E-state index in [1.165, 1.54) is 7.11 Å². The van der Waals surface area contributed by atoms with Crippen molar-refractivity contribution in [1.82, 2.24) is 5.32 Å². The summed E-state index contributed by atoms with van der Waals surface area (Å²) in [4.78, 5) is 11.6. The molecule has 0 radical (unpaired) electrons. The number of methoxy groups -OCH3 is 1. The minimum absolute atomic E-state index is 0.173. The largest absolute Gasteiger partial charge is 0.469 e. The maximum Gasteiger partial charge on any atom is 0.337 e. The van der Waals surface area contributed by atoms with E-state index < -0.39 is 0 Å². The van der Waals surface area contributed by atoms with Gasteiger partial charge in [-0.3, -0.25) is 0 Å². The lowest BCUT2D eigenvalue weighted by atomic mass is 10.1. The highest BCUT2D eigenvalue weighted by molar-refractivity contribution is 5.90. The molecule has 1 aliphatic rings. The molecule has 3 rings (SSSR count). The van der Waals surface area contributed by atoms with E-state index in [1.807, 2.05) is 42.5 Å². The lowest BCUT2D eigenvalue weighted by molar-refractivity contribution is 0.0600. The number of hydrogen-bond acceptors (Lipinski definition) is 5. The number of para-hydroxylation sites is 1. The minimum atomic E-state index is -0.330. The number of benzene rings is 2. The molecule has 0 spiro atoms. The highest BCUT2D eigenvalue weighted by Crippen LogP contribution is 2.22. The van der Waals surface area contributed by atoms with E-state index in [2.05, 4.69) is 10.6 Å². The second kappa shape index (κ2) is 6.49. The summed E-state index contributed by atoms with van der Waals surface area (Å²) in [6.07, 6.45) is -0.173. The van der Waals surface area contributed by atoms with Gasteiger partial charge in [-0.25, -0.2) is 4.79 Å². The molecule has 0 aliphatic carbocycles. The van der Waals surface area contributed by atoms with E-state index in [-0.39, 0.29) is 12.2 Å². The maximum absolute atomic E-state index is 11.6. The Morgan fingerprint density at radius 1 is 1.18 bits per heavy atom. The molecule has 2 aromatic carbocycles. The van der Waals surface area contributed by atoms with Crippen LogP contribution in [0.25, 0.3) is 0 Å². The fraction of sp³-hybridized carbons (Fsp3) is 0.235. The summed E-state index contributed by atoms with van der Waals surface area (Å²) in [5, 5.41) is 6.67. The standard InChI is InChI=1S/C17H18N2O3/c1-21-17(20)12-7-8-15-13(9-12)10-18-11-16(19-15)22-14-5-3-2-4-6-14/h2-9,16,18-19H,10-11H2,1H3. The molecule has 0 fully saturated rings. The zero-order valence-electron chi connectivity index (χ0n) is 12.3. The Bertz CT molecular complexity index is 658. The fourth-order valence-corrected chi connectivity index (χ4v) is 2.42. The van der Waals surface area contributed by atoms with Crippen molar-refractivity contribution in [3.8, 4) is 5.75 Å². The smallest absolute Gasteiger partial charge is 0.337 e. The van der Waals surface area contributed by atoms with Crippen LogP contribution in [0.1, 0.15) is 15.9 Å². The van der Waals surface area contributed by atoms with Crippen molar-refractivity contribution >= 4 is 11.7 Å². The zero-order valence-corrected chi connectivity index (χ0v) is 12.3. The Balaban J connectivity index is 1.77. The van der Waals surface area contributed by atoms with Gasteiger partial charge in [0, 0.05) is 12.2 Å². The highest BCUT2D eigenvalue weighted by Gasteiger charge is 2.18. The van der Waals surface area contributed by atoms with E-state index in [9.17, 15) is 4.79 Å². The molecule has 5 nitrogen and oxygen atoms in total. The lowest BCUT2D eigenvalue weighted by Crippen LogP contribution is -2.34. The minimum Gasteiger partial charge on any atom is -0.469 e.